The maximum atomic E-state index is 11.8. The summed E-state index contributed by atoms with van der Waals surface area (Å²) in [7, 11) is 0. The Labute approximate surface area is 86.9 Å². The fraction of sp³-hybridized carbons (Fsp3) is 0.909. The number of nitrogens with one attached hydrogen (secondary N) is 1. The highest BCUT2D eigenvalue weighted by Gasteiger charge is 2.30. The van der Waals surface area contributed by atoms with Crippen molar-refractivity contribution in [1.29, 1.82) is 0 Å². The van der Waals surface area contributed by atoms with Crippen LogP contribution in [0.25, 0.3) is 0 Å². The van der Waals surface area contributed by atoms with Crippen molar-refractivity contribution in [3.63, 3.8) is 0 Å². The Bertz CT molecular complexity index is 213. The summed E-state index contributed by atoms with van der Waals surface area (Å²) >= 11 is 0. The van der Waals surface area contributed by atoms with Gasteiger partial charge in [-0.25, -0.2) is 0 Å². The topological polar surface area (TPSA) is 32.3 Å². The van der Waals surface area contributed by atoms with E-state index in [2.05, 4.69) is 33.0 Å². The maximum absolute atomic E-state index is 11.8. The minimum atomic E-state index is 0.190. The first-order valence-corrected chi connectivity index (χ1v) is 5.46. The molecule has 0 spiro atoms. The number of hydrogen-bond donors (Lipinski definition) is 1. The zero-order valence-electron chi connectivity index (χ0n) is 9.76. The second kappa shape index (κ2) is 4.30. The van der Waals surface area contributed by atoms with Crippen LogP contribution in [0.5, 0.6) is 0 Å². The van der Waals surface area contributed by atoms with E-state index in [-0.39, 0.29) is 11.3 Å². The highest BCUT2D eigenvalue weighted by atomic mass is 16.2. The minimum absolute atomic E-state index is 0.190. The van der Waals surface area contributed by atoms with Crippen molar-refractivity contribution < 1.29 is 4.79 Å². The van der Waals surface area contributed by atoms with Gasteiger partial charge >= 0.3 is 0 Å². The van der Waals surface area contributed by atoms with Gasteiger partial charge in [-0.3, -0.25) is 4.79 Å². The van der Waals surface area contributed by atoms with Crippen LogP contribution in [0.4, 0.5) is 0 Å². The second-order valence-electron chi connectivity index (χ2n) is 5.05. The molecule has 82 valence electrons. The van der Waals surface area contributed by atoms with E-state index in [0.717, 1.165) is 19.5 Å². The third-order valence-electron chi connectivity index (χ3n) is 2.92. The van der Waals surface area contributed by atoms with Gasteiger partial charge in [-0.2, -0.15) is 0 Å². The summed E-state index contributed by atoms with van der Waals surface area (Å²) < 4.78 is 0. The Morgan fingerprint density at radius 3 is 2.79 bits per heavy atom. The standard InChI is InChI=1S/C11H22N2O/c1-5-9(2)13-8-11(3,4)7-12-6-10(13)14/h9,12H,5-8H2,1-4H3. The lowest BCUT2D eigenvalue weighted by Crippen LogP contribution is -2.43. The molecule has 1 unspecified atom stereocenters. The Hall–Kier alpha value is -0.570. The molecule has 1 heterocycles. The average molecular weight is 198 g/mol. The van der Waals surface area contributed by atoms with E-state index in [1.165, 1.54) is 0 Å². The molecule has 0 saturated carbocycles. The van der Waals surface area contributed by atoms with Crippen molar-refractivity contribution in [2.75, 3.05) is 19.6 Å². The normalized spacial score (nSPS) is 24.6. The molecule has 0 aromatic heterocycles. The minimum Gasteiger partial charge on any atom is -0.338 e. The Morgan fingerprint density at radius 1 is 1.57 bits per heavy atom. The molecule has 3 nitrogen and oxygen atoms in total. The van der Waals surface area contributed by atoms with Gasteiger partial charge in [0.2, 0.25) is 5.91 Å². The van der Waals surface area contributed by atoms with Crippen molar-refractivity contribution in [2.24, 2.45) is 5.41 Å². The first kappa shape index (κ1) is 11.5. The summed E-state index contributed by atoms with van der Waals surface area (Å²) in [6.07, 6.45) is 1.03. The van der Waals surface area contributed by atoms with Crippen LogP contribution in [0.15, 0.2) is 0 Å². The van der Waals surface area contributed by atoms with Crippen molar-refractivity contribution in [3.05, 3.63) is 0 Å². The van der Waals surface area contributed by atoms with E-state index >= 15 is 0 Å². The van der Waals surface area contributed by atoms with Crippen molar-refractivity contribution >= 4 is 5.91 Å². The van der Waals surface area contributed by atoms with Crippen LogP contribution in [0.1, 0.15) is 34.1 Å². The maximum Gasteiger partial charge on any atom is 0.236 e. The van der Waals surface area contributed by atoms with Crippen LogP contribution in [0.2, 0.25) is 0 Å². The lowest BCUT2D eigenvalue weighted by molar-refractivity contribution is -0.132. The Kier molecular flexibility index (Phi) is 3.53. The Balaban J connectivity index is 2.73. The van der Waals surface area contributed by atoms with Gasteiger partial charge in [-0.15, -0.1) is 0 Å². The van der Waals surface area contributed by atoms with Crippen LogP contribution in [-0.2, 0) is 4.79 Å². The molecule has 3 heteroatoms. The first-order chi connectivity index (χ1) is 6.46. The van der Waals surface area contributed by atoms with Crippen molar-refractivity contribution in [3.8, 4) is 0 Å². The molecule has 1 fully saturated rings. The van der Waals surface area contributed by atoms with Crippen LogP contribution in [0, 0.1) is 5.41 Å². The monoisotopic (exact) mass is 198 g/mol. The van der Waals surface area contributed by atoms with Crippen LogP contribution < -0.4 is 5.32 Å². The first-order valence-electron chi connectivity index (χ1n) is 5.46. The molecule has 1 amide bonds. The fourth-order valence-electron chi connectivity index (χ4n) is 1.84. The zero-order valence-corrected chi connectivity index (χ0v) is 9.76. The van der Waals surface area contributed by atoms with E-state index in [1.807, 2.05) is 4.90 Å². The van der Waals surface area contributed by atoms with Gasteiger partial charge in [-0.1, -0.05) is 20.8 Å². The van der Waals surface area contributed by atoms with E-state index < -0.39 is 0 Å². The summed E-state index contributed by atoms with van der Waals surface area (Å²) in [5.41, 5.74) is 0.190. The predicted octanol–water partition coefficient (Wildman–Crippen LogP) is 1.24. The third kappa shape index (κ3) is 2.71. The highest BCUT2D eigenvalue weighted by molar-refractivity contribution is 5.78. The third-order valence-corrected chi connectivity index (χ3v) is 2.92. The smallest absolute Gasteiger partial charge is 0.236 e. The number of nitrogens with zero attached hydrogens (tertiary/aromatic N) is 1. The summed E-state index contributed by atoms with van der Waals surface area (Å²) in [6, 6.07) is 0.363. The van der Waals surface area contributed by atoms with E-state index in [1.54, 1.807) is 0 Å². The van der Waals surface area contributed by atoms with Gasteiger partial charge in [-0.05, 0) is 18.8 Å². The van der Waals surface area contributed by atoms with Crippen molar-refractivity contribution in [1.82, 2.24) is 10.2 Å². The van der Waals surface area contributed by atoms with Gasteiger partial charge < -0.3 is 10.2 Å². The summed E-state index contributed by atoms with van der Waals surface area (Å²) in [6.45, 7) is 10.9. The number of rotatable bonds is 2. The molecular weight excluding hydrogens is 176 g/mol. The molecular formula is C11H22N2O. The van der Waals surface area contributed by atoms with Gasteiger partial charge in [0.15, 0.2) is 0 Å². The summed E-state index contributed by atoms with van der Waals surface area (Å²) in [5.74, 6) is 0.241. The van der Waals surface area contributed by atoms with Gasteiger partial charge in [0.1, 0.15) is 0 Å². The molecule has 1 N–H and O–H groups in total. The molecule has 0 aliphatic carbocycles. The van der Waals surface area contributed by atoms with E-state index in [9.17, 15) is 4.79 Å². The number of amides is 1. The van der Waals surface area contributed by atoms with Crippen LogP contribution in [0.3, 0.4) is 0 Å². The fourth-order valence-corrected chi connectivity index (χ4v) is 1.84. The van der Waals surface area contributed by atoms with Crippen LogP contribution >= 0.6 is 0 Å². The van der Waals surface area contributed by atoms with Crippen molar-refractivity contribution in [2.45, 2.75) is 40.2 Å². The van der Waals surface area contributed by atoms with E-state index in [0.29, 0.717) is 12.6 Å². The van der Waals surface area contributed by atoms with E-state index in [4.69, 9.17) is 0 Å². The molecule has 1 aliphatic rings. The molecule has 0 aromatic rings. The largest absolute Gasteiger partial charge is 0.338 e. The van der Waals surface area contributed by atoms with Crippen LogP contribution in [-0.4, -0.2) is 36.5 Å². The molecule has 1 aliphatic heterocycles. The van der Waals surface area contributed by atoms with Gasteiger partial charge in [0, 0.05) is 19.1 Å². The zero-order chi connectivity index (χ0) is 10.8. The van der Waals surface area contributed by atoms with Gasteiger partial charge in [0.25, 0.3) is 0 Å². The average Bonchev–Trinajstić information content (AvgIpc) is 2.24. The lowest BCUT2D eigenvalue weighted by Gasteiger charge is -2.33. The summed E-state index contributed by atoms with van der Waals surface area (Å²) in [5, 5.41) is 3.21. The quantitative estimate of drug-likeness (QED) is 0.724. The number of carbonyl (C=O) groups is 1. The van der Waals surface area contributed by atoms with Gasteiger partial charge in [0.05, 0.1) is 6.54 Å². The SMILES string of the molecule is CCC(C)N1CC(C)(C)CNCC1=O. The lowest BCUT2D eigenvalue weighted by atomic mass is 9.92. The number of carbonyl (C=O) groups excluding carboxylic acids is 1. The highest BCUT2D eigenvalue weighted by Crippen LogP contribution is 2.20. The predicted molar refractivity (Wildman–Crippen MR) is 58.1 cm³/mol. The molecule has 14 heavy (non-hydrogen) atoms. The molecule has 1 atom stereocenters. The molecule has 0 bridgehead atoms. The molecule has 0 aromatic carbocycles. The molecule has 0 radical (unpaired) electrons. The molecule has 1 saturated heterocycles. The summed E-state index contributed by atoms with van der Waals surface area (Å²) in [4.78, 5) is 13.8. The Morgan fingerprint density at radius 2 is 2.21 bits per heavy atom. The second-order valence-corrected chi connectivity index (χ2v) is 5.05. The number of hydrogen-bond acceptors (Lipinski definition) is 2. The molecule has 1 rings (SSSR count).